The minimum Gasteiger partial charge on any atom is -0.207 e. The molecule has 1 aromatic rings. The highest BCUT2D eigenvalue weighted by atomic mass is 32.2. The Morgan fingerprint density at radius 3 is 2.55 bits per heavy atom. The van der Waals surface area contributed by atoms with Crippen molar-refractivity contribution in [2.45, 2.75) is 43.9 Å². The van der Waals surface area contributed by atoms with Crippen LogP contribution in [0.25, 0.3) is 0 Å². The van der Waals surface area contributed by atoms with Gasteiger partial charge in [-0.25, -0.2) is 8.42 Å². The van der Waals surface area contributed by atoms with Gasteiger partial charge >= 0.3 is 0 Å². The lowest BCUT2D eigenvalue weighted by Gasteiger charge is -2.17. The molecule has 1 heterocycles. The van der Waals surface area contributed by atoms with Gasteiger partial charge in [0.15, 0.2) is 0 Å². The van der Waals surface area contributed by atoms with Crippen molar-refractivity contribution in [1.82, 2.24) is 4.31 Å². The molecule has 2 aliphatic rings. The standard InChI is InChI=1S/C18H23NO2S/c1-15-9-11-18(12-10-15)22(20,21)19-13-16-7-5-3-2-4-6-8-17(16)14-19/h5,7,9-12H,2-4,6,8,13-14H2,1H3/b7-5-. The number of hydrogen-bond acceptors (Lipinski definition) is 2. The van der Waals surface area contributed by atoms with E-state index < -0.39 is 10.0 Å². The third kappa shape index (κ3) is 3.18. The van der Waals surface area contributed by atoms with Gasteiger partial charge < -0.3 is 0 Å². The van der Waals surface area contributed by atoms with Crippen LogP contribution >= 0.6 is 0 Å². The SMILES string of the molecule is Cc1ccc(S(=O)(=O)N2CC3=C(CCCCC/C=C\3)C2)cc1. The molecule has 3 nitrogen and oxygen atoms in total. The normalized spacial score (nSPS) is 21.9. The molecule has 4 heteroatoms. The number of benzene rings is 1. The first-order chi connectivity index (χ1) is 10.6. The molecule has 0 radical (unpaired) electrons. The molecule has 1 aliphatic carbocycles. The lowest BCUT2D eigenvalue weighted by molar-refractivity contribution is 0.479. The van der Waals surface area contributed by atoms with Gasteiger partial charge in [-0.3, -0.25) is 0 Å². The molecule has 0 N–H and O–H groups in total. The van der Waals surface area contributed by atoms with E-state index in [4.69, 9.17) is 0 Å². The Bertz CT molecular complexity index is 699. The van der Waals surface area contributed by atoms with Gasteiger partial charge in [-0.05, 0) is 50.3 Å². The van der Waals surface area contributed by atoms with Crippen molar-refractivity contribution in [2.75, 3.05) is 13.1 Å². The summed E-state index contributed by atoms with van der Waals surface area (Å²) in [7, 11) is -3.39. The molecule has 0 fully saturated rings. The van der Waals surface area contributed by atoms with Crippen molar-refractivity contribution < 1.29 is 8.42 Å². The molecule has 1 aromatic carbocycles. The Kier molecular flexibility index (Phi) is 4.50. The molecule has 0 spiro atoms. The molecule has 0 unspecified atom stereocenters. The van der Waals surface area contributed by atoms with Crippen LogP contribution in [0.3, 0.4) is 0 Å². The minimum atomic E-state index is -3.39. The second-order valence-corrected chi connectivity index (χ2v) is 8.15. The first-order valence-corrected chi connectivity index (χ1v) is 9.45. The molecule has 0 bridgehead atoms. The number of sulfonamides is 1. The summed E-state index contributed by atoms with van der Waals surface area (Å²) >= 11 is 0. The largest absolute Gasteiger partial charge is 0.243 e. The zero-order chi connectivity index (χ0) is 15.6. The molecular weight excluding hydrogens is 294 g/mol. The summed E-state index contributed by atoms with van der Waals surface area (Å²) in [5.41, 5.74) is 3.58. The van der Waals surface area contributed by atoms with E-state index in [1.54, 1.807) is 16.4 Å². The summed E-state index contributed by atoms with van der Waals surface area (Å²) < 4.78 is 27.2. The second-order valence-electron chi connectivity index (χ2n) is 6.22. The van der Waals surface area contributed by atoms with Gasteiger partial charge in [0.05, 0.1) is 4.90 Å². The Labute approximate surface area is 133 Å². The van der Waals surface area contributed by atoms with Crippen LogP contribution < -0.4 is 0 Å². The highest BCUT2D eigenvalue weighted by molar-refractivity contribution is 7.89. The predicted octanol–water partition coefficient (Wildman–Crippen LogP) is 3.82. The quantitative estimate of drug-likeness (QED) is 0.831. The fraction of sp³-hybridized carbons (Fsp3) is 0.444. The van der Waals surface area contributed by atoms with Gasteiger partial charge in [-0.1, -0.05) is 41.8 Å². The second kappa shape index (κ2) is 6.39. The zero-order valence-corrected chi connectivity index (χ0v) is 13.9. The van der Waals surface area contributed by atoms with E-state index >= 15 is 0 Å². The molecule has 0 saturated heterocycles. The van der Waals surface area contributed by atoms with Crippen LogP contribution in [0.15, 0.2) is 52.5 Å². The van der Waals surface area contributed by atoms with E-state index in [1.807, 2.05) is 19.1 Å². The van der Waals surface area contributed by atoms with Gasteiger partial charge in [0.1, 0.15) is 0 Å². The van der Waals surface area contributed by atoms with Gasteiger partial charge in [0.25, 0.3) is 0 Å². The number of allylic oxidation sites excluding steroid dienone is 1. The van der Waals surface area contributed by atoms with E-state index in [0.717, 1.165) is 18.4 Å². The summed E-state index contributed by atoms with van der Waals surface area (Å²) in [6, 6.07) is 7.13. The minimum absolute atomic E-state index is 0.398. The van der Waals surface area contributed by atoms with Crippen LogP contribution in [0.4, 0.5) is 0 Å². The van der Waals surface area contributed by atoms with E-state index in [-0.39, 0.29) is 0 Å². The zero-order valence-electron chi connectivity index (χ0n) is 13.1. The summed E-state index contributed by atoms with van der Waals surface area (Å²) in [4.78, 5) is 0.398. The number of aryl methyl sites for hydroxylation is 1. The van der Waals surface area contributed by atoms with E-state index in [2.05, 4.69) is 12.2 Å². The molecule has 118 valence electrons. The highest BCUT2D eigenvalue weighted by Crippen LogP contribution is 2.29. The topological polar surface area (TPSA) is 37.4 Å². The van der Waals surface area contributed by atoms with Crippen molar-refractivity contribution in [3.8, 4) is 0 Å². The van der Waals surface area contributed by atoms with Gasteiger partial charge in [-0.2, -0.15) is 4.31 Å². The Morgan fingerprint density at radius 1 is 1.00 bits per heavy atom. The molecule has 0 atom stereocenters. The van der Waals surface area contributed by atoms with Gasteiger partial charge in [-0.15, -0.1) is 0 Å². The van der Waals surface area contributed by atoms with Crippen LogP contribution in [0.2, 0.25) is 0 Å². The van der Waals surface area contributed by atoms with E-state index in [0.29, 0.717) is 18.0 Å². The smallest absolute Gasteiger partial charge is 0.207 e. The molecular formula is C18H23NO2S. The maximum Gasteiger partial charge on any atom is 0.243 e. The number of rotatable bonds is 2. The average Bonchev–Trinajstić information content (AvgIpc) is 2.93. The molecule has 1 aliphatic heterocycles. The lowest BCUT2D eigenvalue weighted by Crippen LogP contribution is -2.29. The molecule has 0 aromatic heterocycles. The Morgan fingerprint density at radius 2 is 1.77 bits per heavy atom. The van der Waals surface area contributed by atoms with Gasteiger partial charge in [0.2, 0.25) is 10.0 Å². The molecule has 0 saturated carbocycles. The summed E-state index contributed by atoms with van der Waals surface area (Å²) in [5.74, 6) is 0. The Hall–Kier alpha value is -1.39. The number of hydrogen-bond donors (Lipinski definition) is 0. The van der Waals surface area contributed by atoms with Crippen molar-refractivity contribution in [2.24, 2.45) is 0 Å². The van der Waals surface area contributed by atoms with Crippen LogP contribution in [0, 0.1) is 6.92 Å². The van der Waals surface area contributed by atoms with E-state index in [9.17, 15) is 8.42 Å². The molecule has 22 heavy (non-hydrogen) atoms. The summed E-state index contributed by atoms with van der Waals surface area (Å²) in [5, 5.41) is 0. The maximum absolute atomic E-state index is 12.8. The fourth-order valence-electron chi connectivity index (χ4n) is 3.11. The van der Waals surface area contributed by atoms with Crippen LogP contribution in [0.5, 0.6) is 0 Å². The first kappa shape index (κ1) is 15.5. The lowest BCUT2D eigenvalue weighted by atomic mass is 10.1. The van der Waals surface area contributed by atoms with Crippen molar-refractivity contribution in [3.63, 3.8) is 0 Å². The van der Waals surface area contributed by atoms with Crippen molar-refractivity contribution >= 4 is 10.0 Å². The molecule has 3 rings (SSSR count). The maximum atomic E-state index is 12.8. The number of nitrogens with zero attached hydrogens (tertiary/aromatic N) is 1. The third-order valence-corrected chi connectivity index (χ3v) is 6.30. The summed E-state index contributed by atoms with van der Waals surface area (Å²) in [6.45, 7) is 3.03. The monoisotopic (exact) mass is 317 g/mol. The fourth-order valence-corrected chi connectivity index (χ4v) is 4.53. The highest BCUT2D eigenvalue weighted by Gasteiger charge is 2.31. The predicted molar refractivity (Wildman–Crippen MR) is 89.2 cm³/mol. The van der Waals surface area contributed by atoms with Gasteiger partial charge in [0, 0.05) is 13.1 Å². The summed E-state index contributed by atoms with van der Waals surface area (Å²) in [6.07, 6.45) is 10.1. The first-order valence-electron chi connectivity index (χ1n) is 8.01. The van der Waals surface area contributed by atoms with Crippen molar-refractivity contribution in [3.05, 3.63) is 53.1 Å². The third-order valence-electron chi connectivity index (χ3n) is 4.50. The average molecular weight is 317 g/mol. The van der Waals surface area contributed by atoms with Crippen LogP contribution in [-0.4, -0.2) is 25.8 Å². The molecule has 0 amide bonds. The van der Waals surface area contributed by atoms with Crippen molar-refractivity contribution in [1.29, 1.82) is 0 Å². The Balaban J connectivity index is 1.83. The van der Waals surface area contributed by atoms with E-state index in [1.165, 1.54) is 30.4 Å². The van der Waals surface area contributed by atoms with Crippen LogP contribution in [-0.2, 0) is 10.0 Å². The van der Waals surface area contributed by atoms with Crippen LogP contribution in [0.1, 0.15) is 37.7 Å².